The first-order valence-corrected chi connectivity index (χ1v) is 7.56. The van der Waals surface area contributed by atoms with Gasteiger partial charge in [0.15, 0.2) is 11.5 Å². The molecule has 3 N–H and O–H groups in total. The smallest absolute Gasteiger partial charge is 0.263 e. The van der Waals surface area contributed by atoms with Gasteiger partial charge in [0.2, 0.25) is 0 Å². The molecule has 8 nitrogen and oxygen atoms in total. The Labute approximate surface area is 144 Å². The number of anilines is 1. The maximum absolute atomic E-state index is 5.95. The fourth-order valence-electron chi connectivity index (χ4n) is 2.16. The Morgan fingerprint density at radius 2 is 2.04 bits per heavy atom. The average molecular weight is 338 g/mol. The number of nitrogens with two attached hydrogens (primary N) is 1. The van der Waals surface area contributed by atoms with Gasteiger partial charge in [-0.05, 0) is 17.7 Å². The van der Waals surface area contributed by atoms with Crippen LogP contribution in [0.1, 0.15) is 11.1 Å². The van der Waals surface area contributed by atoms with Crippen molar-refractivity contribution in [3.63, 3.8) is 0 Å². The molecular formula is C17H18N6O2. The van der Waals surface area contributed by atoms with Crippen LogP contribution in [0.15, 0.2) is 60.0 Å². The van der Waals surface area contributed by atoms with Crippen molar-refractivity contribution < 1.29 is 9.47 Å². The van der Waals surface area contributed by atoms with Gasteiger partial charge in [-0.3, -0.25) is 0 Å². The number of hydrogen-bond donors (Lipinski definition) is 2. The standard InChI is InChI=1S/C17H18N6O2/c1-24-15-9-5-8-14(10-19-21-17-22-20-12-23(17)18)16(15)25-11-13-6-3-2-4-7-13/h2-10,12H,11,18H2,1H3,(H,21,22)/b19-10-. The molecule has 0 bridgehead atoms. The molecule has 0 aliphatic heterocycles. The van der Waals surface area contributed by atoms with E-state index in [2.05, 4.69) is 20.7 Å². The van der Waals surface area contributed by atoms with Gasteiger partial charge in [-0.15, -0.1) is 10.2 Å². The average Bonchev–Trinajstić information content (AvgIpc) is 3.06. The molecule has 0 fully saturated rings. The fraction of sp³-hybridized carbons (Fsp3) is 0.118. The van der Waals surface area contributed by atoms with Gasteiger partial charge in [-0.25, -0.2) is 10.1 Å². The summed E-state index contributed by atoms with van der Waals surface area (Å²) in [5.74, 6) is 7.18. The maximum atomic E-state index is 5.95. The summed E-state index contributed by atoms with van der Waals surface area (Å²) in [4.78, 5) is 0. The van der Waals surface area contributed by atoms with E-state index in [1.165, 1.54) is 11.0 Å². The molecule has 0 spiro atoms. The number of nitrogens with zero attached hydrogens (tertiary/aromatic N) is 4. The highest BCUT2D eigenvalue weighted by Gasteiger charge is 2.10. The monoisotopic (exact) mass is 338 g/mol. The zero-order chi connectivity index (χ0) is 17.5. The lowest BCUT2D eigenvalue weighted by Crippen LogP contribution is -2.10. The van der Waals surface area contributed by atoms with Gasteiger partial charge in [0.1, 0.15) is 12.9 Å². The van der Waals surface area contributed by atoms with Crippen LogP contribution in [-0.2, 0) is 6.61 Å². The van der Waals surface area contributed by atoms with Crippen LogP contribution in [0.4, 0.5) is 5.95 Å². The van der Waals surface area contributed by atoms with Crippen LogP contribution in [0, 0.1) is 0 Å². The Morgan fingerprint density at radius 3 is 2.76 bits per heavy atom. The number of benzene rings is 2. The summed E-state index contributed by atoms with van der Waals surface area (Å²) in [6.07, 6.45) is 2.98. The molecule has 0 amide bonds. The maximum Gasteiger partial charge on any atom is 0.263 e. The van der Waals surface area contributed by atoms with Crippen molar-refractivity contribution in [2.24, 2.45) is 5.10 Å². The van der Waals surface area contributed by atoms with Crippen molar-refractivity contribution in [2.45, 2.75) is 6.61 Å². The van der Waals surface area contributed by atoms with Crippen LogP contribution >= 0.6 is 0 Å². The van der Waals surface area contributed by atoms with Crippen LogP contribution < -0.4 is 20.7 Å². The van der Waals surface area contributed by atoms with Gasteiger partial charge in [0, 0.05) is 5.56 Å². The summed E-state index contributed by atoms with van der Waals surface area (Å²) in [5, 5.41) is 11.6. The number of rotatable bonds is 7. The predicted octanol–water partition coefficient (Wildman–Crippen LogP) is 2.03. The largest absolute Gasteiger partial charge is 0.493 e. The van der Waals surface area contributed by atoms with Gasteiger partial charge in [-0.1, -0.05) is 36.4 Å². The summed E-state index contributed by atoms with van der Waals surface area (Å²) in [7, 11) is 1.60. The van der Waals surface area contributed by atoms with E-state index in [-0.39, 0.29) is 0 Å². The second-order valence-electron chi connectivity index (χ2n) is 5.08. The number of methoxy groups -OCH3 is 1. The lowest BCUT2D eigenvalue weighted by molar-refractivity contribution is 0.284. The van der Waals surface area contributed by atoms with Gasteiger partial charge >= 0.3 is 0 Å². The summed E-state index contributed by atoms with van der Waals surface area (Å²) < 4.78 is 12.6. The van der Waals surface area contributed by atoms with E-state index < -0.39 is 0 Å². The zero-order valence-corrected chi connectivity index (χ0v) is 13.7. The Hall–Kier alpha value is -3.55. The van der Waals surface area contributed by atoms with E-state index in [1.807, 2.05) is 48.5 Å². The lowest BCUT2D eigenvalue weighted by atomic mass is 10.2. The van der Waals surface area contributed by atoms with Crippen molar-refractivity contribution in [1.82, 2.24) is 14.9 Å². The predicted molar refractivity (Wildman–Crippen MR) is 95.2 cm³/mol. The third kappa shape index (κ3) is 4.05. The van der Waals surface area contributed by atoms with Crippen molar-refractivity contribution in [3.05, 3.63) is 66.0 Å². The van der Waals surface area contributed by atoms with Crippen LogP contribution in [0.2, 0.25) is 0 Å². The first-order valence-electron chi connectivity index (χ1n) is 7.56. The molecule has 0 aliphatic rings. The number of aromatic nitrogens is 3. The molecule has 25 heavy (non-hydrogen) atoms. The molecular weight excluding hydrogens is 320 g/mol. The van der Waals surface area contributed by atoms with Crippen LogP contribution in [-0.4, -0.2) is 28.2 Å². The summed E-state index contributed by atoms with van der Waals surface area (Å²) in [6, 6.07) is 15.5. The number of nitrogen functional groups attached to an aromatic ring is 1. The molecule has 3 rings (SSSR count). The molecule has 0 saturated heterocycles. The van der Waals surface area contributed by atoms with Gasteiger partial charge in [0.05, 0.1) is 13.3 Å². The molecule has 1 heterocycles. The number of para-hydroxylation sites is 1. The molecule has 0 radical (unpaired) electrons. The Balaban J connectivity index is 1.77. The summed E-state index contributed by atoms with van der Waals surface area (Å²) in [5.41, 5.74) is 4.53. The van der Waals surface area contributed by atoms with E-state index in [1.54, 1.807) is 13.3 Å². The zero-order valence-electron chi connectivity index (χ0n) is 13.7. The van der Waals surface area contributed by atoms with Gasteiger partial charge in [0.25, 0.3) is 5.95 Å². The second kappa shape index (κ2) is 7.82. The van der Waals surface area contributed by atoms with Gasteiger partial charge in [-0.2, -0.15) is 5.10 Å². The molecule has 128 valence electrons. The van der Waals surface area contributed by atoms with Crippen molar-refractivity contribution in [3.8, 4) is 11.5 Å². The molecule has 3 aromatic rings. The number of hydrogen-bond acceptors (Lipinski definition) is 7. The Morgan fingerprint density at radius 1 is 1.20 bits per heavy atom. The normalized spacial score (nSPS) is 10.8. The highest BCUT2D eigenvalue weighted by atomic mass is 16.5. The quantitative estimate of drug-likeness (QED) is 0.388. The first kappa shape index (κ1) is 16.3. The van der Waals surface area contributed by atoms with Crippen LogP contribution in [0.5, 0.6) is 11.5 Å². The fourth-order valence-corrected chi connectivity index (χ4v) is 2.16. The third-order valence-corrected chi connectivity index (χ3v) is 3.40. The van der Waals surface area contributed by atoms with E-state index >= 15 is 0 Å². The molecule has 0 atom stereocenters. The number of ether oxygens (including phenoxy) is 2. The molecule has 0 saturated carbocycles. The summed E-state index contributed by atoms with van der Waals surface area (Å²) in [6.45, 7) is 0.423. The molecule has 0 unspecified atom stereocenters. The Kier molecular flexibility index (Phi) is 5.10. The molecule has 1 aromatic heterocycles. The number of nitrogens with one attached hydrogen (secondary N) is 1. The SMILES string of the molecule is COc1cccc(/C=N\Nc2nncn2N)c1OCc1ccccc1. The molecule has 0 aliphatic carbocycles. The summed E-state index contributed by atoms with van der Waals surface area (Å²) >= 11 is 0. The second-order valence-corrected chi connectivity index (χ2v) is 5.08. The third-order valence-electron chi connectivity index (χ3n) is 3.40. The van der Waals surface area contributed by atoms with Crippen molar-refractivity contribution in [1.29, 1.82) is 0 Å². The van der Waals surface area contributed by atoms with E-state index in [0.717, 1.165) is 11.1 Å². The van der Waals surface area contributed by atoms with Crippen LogP contribution in [0.3, 0.4) is 0 Å². The minimum atomic E-state index is 0.325. The van der Waals surface area contributed by atoms with Gasteiger partial charge < -0.3 is 15.3 Å². The molecule has 2 aromatic carbocycles. The highest BCUT2D eigenvalue weighted by Crippen LogP contribution is 2.30. The lowest BCUT2D eigenvalue weighted by Gasteiger charge is -2.13. The Bertz CT molecular complexity index is 847. The number of hydrazone groups is 1. The molecule has 8 heteroatoms. The van der Waals surface area contributed by atoms with E-state index in [4.69, 9.17) is 15.3 Å². The topological polar surface area (TPSA) is 99.6 Å². The highest BCUT2D eigenvalue weighted by molar-refractivity contribution is 5.85. The van der Waals surface area contributed by atoms with E-state index in [0.29, 0.717) is 24.1 Å². The first-order chi connectivity index (χ1) is 12.3. The minimum Gasteiger partial charge on any atom is -0.493 e. The van der Waals surface area contributed by atoms with Crippen LogP contribution in [0.25, 0.3) is 0 Å². The van der Waals surface area contributed by atoms with E-state index in [9.17, 15) is 0 Å². The minimum absolute atomic E-state index is 0.325. The van der Waals surface area contributed by atoms with Crippen molar-refractivity contribution in [2.75, 3.05) is 18.4 Å². The van der Waals surface area contributed by atoms with Crippen molar-refractivity contribution >= 4 is 12.2 Å².